The smallest absolute Gasteiger partial charge is 0.223 e. The molecule has 0 aliphatic heterocycles. The SMILES string of the molecule is Cc1cccc(OCCOc2c[nH]c(CO)cc2=O)c1. The van der Waals surface area contributed by atoms with E-state index in [2.05, 4.69) is 4.98 Å². The Labute approximate surface area is 116 Å². The van der Waals surface area contributed by atoms with Gasteiger partial charge in [-0.1, -0.05) is 12.1 Å². The van der Waals surface area contributed by atoms with E-state index >= 15 is 0 Å². The van der Waals surface area contributed by atoms with Gasteiger partial charge in [0.2, 0.25) is 5.43 Å². The Morgan fingerprint density at radius 3 is 2.70 bits per heavy atom. The molecule has 5 nitrogen and oxygen atoms in total. The van der Waals surface area contributed by atoms with Crippen molar-refractivity contribution in [2.45, 2.75) is 13.5 Å². The lowest BCUT2D eigenvalue weighted by molar-refractivity contribution is 0.215. The minimum absolute atomic E-state index is 0.202. The van der Waals surface area contributed by atoms with E-state index in [0.717, 1.165) is 11.3 Å². The highest BCUT2D eigenvalue weighted by molar-refractivity contribution is 5.27. The Kier molecular flexibility index (Phi) is 4.79. The van der Waals surface area contributed by atoms with Gasteiger partial charge in [-0.15, -0.1) is 0 Å². The van der Waals surface area contributed by atoms with Crippen molar-refractivity contribution in [1.29, 1.82) is 0 Å². The second kappa shape index (κ2) is 6.77. The standard InChI is InChI=1S/C15H17NO4/c1-11-3-2-4-13(7-11)19-5-6-20-15-9-16-12(10-17)8-14(15)18/h2-4,7-9,17H,5-6,10H2,1H3,(H,16,18). The molecule has 0 aliphatic carbocycles. The molecule has 0 aliphatic rings. The maximum Gasteiger partial charge on any atom is 0.223 e. The molecule has 5 heteroatoms. The minimum Gasteiger partial charge on any atom is -0.490 e. The summed E-state index contributed by atoms with van der Waals surface area (Å²) in [6.45, 7) is 2.41. The van der Waals surface area contributed by atoms with E-state index in [1.165, 1.54) is 12.3 Å². The van der Waals surface area contributed by atoms with Crippen LogP contribution in [0, 0.1) is 6.92 Å². The van der Waals surface area contributed by atoms with Crippen LogP contribution in [0.4, 0.5) is 0 Å². The molecule has 0 atom stereocenters. The number of hydrogen-bond acceptors (Lipinski definition) is 4. The van der Waals surface area contributed by atoms with E-state index in [0.29, 0.717) is 12.3 Å². The first-order chi connectivity index (χ1) is 9.69. The molecule has 0 bridgehead atoms. The zero-order valence-corrected chi connectivity index (χ0v) is 11.3. The molecule has 106 valence electrons. The van der Waals surface area contributed by atoms with Gasteiger partial charge in [-0.25, -0.2) is 0 Å². The van der Waals surface area contributed by atoms with Gasteiger partial charge in [0.05, 0.1) is 6.61 Å². The summed E-state index contributed by atoms with van der Waals surface area (Å²) in [6.07, 6.45) is 1.44. The number of hydrogen-bond donors (Lipinski definition) is 2. The molecule has 1 heterocycles. The highest BCUT2D eigenvalue weighted by atomic mass is 16.5. The Morgan fingerprint density at radius 1 is 1.20 bits per heavy atom. The van der Waals surface area contributed by atoms with Crippen LogP contribution < -0.4 is 14.9 Å². The Balaban J connectivity index is 1.83. The molecule has 0 fully saturated rings. The second-order valence-corrected chi connectivity index (χ2v) is 4.36. The van der Waals surface area contributed by atoms with Crippen LogP contribution in [0.5, 0.6) is 11.5 Å². The number of aromatic nitrogens is 1. The summed E-state index contributed by atoms with van der Waals surface area (Å²) in [6, 6.07) is 9.03. The summed E-state index contributed by atoms with van der Waals surface area (Å²) in [5, 5.41) is 8.88. The predicted octanol–water partition coefficient (Wildman–Crippen LogP) is 1.63. The first kappa shape index (κ1) is 14.1. The average molecular weight is 275 g/mol. The van der Waals surface area contributed by atoms with E-state index < -0.39 is 0 Å². The molecular formula is C15H17NO4. The molecule has 20 heavy (non-hydrogen) atoms. The van der Waals surface area contributed by atoms with Crippen LogP contribution in [0.2, 0.25) is 0 Å². The number of ether oxygens (including phenoxy) is 2. The third-order valence-electron chi connectivity index (χ3n) is 2.71. The van der Waals surface area contributed by atoms with Crippen LogP contribution >= 0.6 is 0 Å². The van der Waals surface area contributed by atoms with E-state index in [4.69, 9.17) is 14.6 Å². The highest BCUT2D eigenvalue weighted by Gasteiger charge is 2.02. The zero-order valence-electron chi connectivity index (χ0n) is 11.3. The van der Waals surface area contributed by atoms with Gasteiger partial charge >= 0.3 is 0 Å². The molecule has 0 radical (unpaired) electrons. The molecule has 0 saturated carbocycles. The topological polar surface area (TPSA) is 71.6 Å². The van der Waals surface area contributed by atoms with Crippen molar-refractivity contribution in [3.05, 3.63) is 58.0 Å². The minimum atomic E-state index is -0.261. The zero-order chi connectivity index (χ0) is 14.4. The van der Waals surface area contributed by atoms with Crippen LogP contribution in [0.3, 0.4) is 0 Å². The lowest BCUT2D eigenvalue weighted by Crippen LogP contribution is -2.14. The largest absolute Gasteiger partial charge is 0.490 e. The third-order valence-corrected chi connectivity index (χ3v) is 2.71. The molecule has 1 aromatic carbocycles. The normalized spacial score (nSPS) is 10.3. The maximum atomic E-state index is 11.6. The van der Waals surface area contributed by atoms with Crippen molar-refractivity contribution in [1.82, 2.24) is 4.98 Å². The van der Waals surface area contributed by atoms with Gasteiger partial charge in [-0.3, -0.25) is 4.79 Å². The lowest BCUT2D eigenvalue weighted by atomic mass is 10.2. The Hall–Kier alpha value is -2.27. The number of nitrogens with one attached hydrogen (secondary N) is 1. The third kappa shape index (κ3) is 3.86. The van der Waals surface area contributed by atoms with Crippen LogP contribution in [0.15, 0.2) is 41.3 Å². The van der Waals surface area contributed by atoms with Gasteiger partial charge in [0.15, 0.2) is 5.75 Å². The fraction of sp³-hybridized carbons (Fsp3) is 0.267. The van der Waals surface area contributed by atoms with Crippen molar-refractivity contribution < 1.29 is 14.6 Å². The molecule has 2 N–H and O–H groups in total. The molecular weight excluding hydrogens is 258 g/mol. The number of benzene rings is 1. The predicted molar refractivity (Wildman–Crippen MR) is 75.2 cm³/mol. The molecule has 1 aromatic heterocycles. The summed E-state index contributed by atoms with van der Waals surface area (Å²) < 4.78 is 10.9. The molecule has 0 spiro atoms. The molecule has 0 amide bonds. The van der Waals surface area contributed by atoms with Crippen LogP contribution in [0.25, 0.3) is 0 Å². The molecule has 0 saturated heterocycles. The number of pyridine rings is 1. The van der Waals surface area contributed by atoms with Gasteiger partial charge in [0.1, 0.15) is 19.0 Å². The quantitative estimate of drug-likeness (QED) is 0.786. The first-order valence-corrected chi connectivity index (χ1v) is 6.34. The Bertz CT molecular complexity index is 621. The highest BCUT2D eigenvalue weighted by Crippen LogP contribution is 2.12. The number of aliphatic hydroxyl groups is 1. The van der Waals surface area contributed by atoms with Crippen LogP contribution in [-0.2, 0) is 6.61 Å². The molecule has 2 aromatic rings. The molecule has 2 rings (SSSR count). The number of aliphatic hydroxyl groups excluding tert-OH is 1. The Morgan fingerprint density at radius 2 is 2.00 bits per heavy atom. The summed E-state index contributed by atoms with van der Waals surface area (Å²) in [5.41, 5.74) is 1.32. The van der Waals surface area contributed by atoms with E-state index in [-0.39, 0.29) is 24.4 Å². The number of aromatic amines is 1. The van der Waals surface area contributed by atoms with Gasteiger partial charge in [0.25, 0.3) is 0 Å². The van der Waals surface area contributed by atoms with E-state index in [1.54, 1.807) is 0 Å². The monoisotopic (exact) mass is 275 g/mol. The first-order valence-electron chi connectivity index (χ1n) is 6.34. The second-order valence-electron chi connectivity index (χ2n) is 4.36. The number of rotatable bonds is 6. The van der Waals surface area contributed by atoms with Crippen molar-refractivity contribution in [3.8, 4) is 11.5 Å². The summed E-state index contributed by atoms with van der Waals surface area (Å²) >= 11 is 0. The van der Waals surface area contributed by atoms with Crippen LogP contribution in [0.1, 0.15) is 11.3 Å². The van der Waals surface area contributed by atoms with Crippen molar-refractivity contribution in [2.24, 2.45) is 0 Å². The fourth-order valence-electron chi connectivity index (χ4n) is 1.72. The van der Waals surface area contributed by atoms with E-state index in [1.807, 2.05) is 31.2 Å². The summed E-state index contributed by atoms with van der Waals surface area (Å²) in [5.74, 6) is 0.994. The number of H-pyrrole nitrogens is 1. The fourth-order valence-corrected chi connectivity index (χ4v) is 1.72. The lowest BCUT2D eigenvalue weighted by Gasteiger charge is -2.08. The average Bonchev–Trinajstić information content (AvgIpc) is 2.45. The number of aryl methyl sites for hydroxylation is 1. The summed E-state index contributed by atoms with van der Waals surface area (Å²) in [4.78, 5) is 14.4. The van der Waals surface area contributed by atoms with Gasteiger partial charge in [-0.2, -0.15) is 0 Å². The van der Waals surface area contributed by atoms with Gasteiger partial charge < -0.3 is 19.6 Å². The van der Waals surface area contributed by atoms with Crippen molar-refractivity contribution >= 4 is 0 Å². The van der Waals surface area contributed by atoms with Crippen molar-refractivity contribution in [3.63, 3.8) is 0 Å². The van der Waals surface area contributed by atoms with Gasteiger partial charge in [0, 0.05) is 18.0 Å². The van der Waals surface area contributed by atoms with E-state index in [9.17, 15) is 4.79 Å². The van der Waals surface area contributed by atoms with Gasteiger partial charge in [-0.05, 0) is 24.6 Å². The maximum absolute atomic E-state index is 11.6. The van der Waals surface area contributed by atoms with Crippen LogP contribution in [-0.4, -0.2) is 23.3 Å². The summed E-state index contributed by atoms with van der Waals surface area (Å²) in [7, 11) is 0. The molecule has 0 unspecified atom stereocenters. The van der Waals surface area contributed by atoms with Crippen molar-refractivity contribution in [2.75, 3.05) is 13.2 Å².